The summed E-state index contributed by atoms with van der Waals surface area (Å²) in [6.45, 7) is 3.65. The molecule has 8 nitrogen and oxygen atoms in total. The van der Waals surface area contributed by atoms with E-state index in [1.165, 1.54) is 48.5 Å². The molecule has 2 rings (SSSR count). The minimum Gasteiger partial charge on any atom is -0.457 e. The van der Waals surface area contributed by atoms with Crippen LogP contribution in [0.15, 0.2) is 53.4 Å². The van der Waals surface area contributed by atoms with E-state index in [0.29, 0.717) is 30.1 Å². The molecule has 0 saturated carbocycles. The quantitative estimate of drug-likeness (QED) is 0.183. The summed E-state index contributed by atoms with van der Waals surface area (Å²) in [6, 6.07) is 9.47. The number of rotatable bonds is 12. The van der Waals surface area contributed by atoms with Crippen LogP contribution in [-0.4, -0.2) is 38.9 Å². The summed E-state index contributed by atoms with van der Waals surface area (Å²) >= 11 is 4.13. The molecule has 0 radical (unpaired) electrons. The van der Waals surface area contributed by atoms with Gasteiger partial charge < -0.3 is 14.2 Å². The number of hydrogen-bond acceptors (Lipinski definition) is 8. The van der Waals surface area contributed by atoms with Gasteiger partial charge in [0.25, 0.3) is 0 Å². The lowest BCUT2D eigenvalue weighted by Gasteiger charge is -2.22. The van der Waals surface area contributed by atoms with Crippen LogP contribution in [0.5, 0.6) is 11.5 Å². The molecule has 0 aromatic heterocycles. The largest absolute Gasteiger partial charge is 0.516 e. The Morgan fingerprint density at radius 1 is 1.06 bits per heavy atom. The number of esters is 1. The van der Waals surface area contributed by atoms with Crippen molar-refractivity contribution in [3.8, 4) is 11.5 Å². The number of thiol groups is 1. The molecule has 0 aliphatic rings. The lowest BCUT2D eigenvalue weighted by atomic mass is 10.0. The summed E-state index contributed by atoms with van der Waals surface area (Å²) in [6.07, 6.45) is 0.607. The van der Waals surface area contributed by atoms with Crippen LogP contribution >= 0.6 is 12.6 Å². The normalized spacial score (nSPS) is 13.1. The molecule has 0 heterocycles. The van der Waals surface area contributed by atoms with Gasteiger partial charge >= 0.3 is 12.1 Å². The van der Waals surface area contributed by atoms with Crippen molar-refractivity contribution in [3.05, 3.63) is 54.3 Å². The highest BCUT2D eigenvalue weighted by molar-refractivity contribution is 7.89. The van der Waals surface area contributed by atoms with Crippen molar-refractivity contribution in [1.29, 1.82) is 0 Å². The van der Waals surface area contributed by atoms with Gasteiger partial charge in [0.2, 0.25) is 10.0 Å². The van der Waals surface area contributed by atoms with Crippen molar-refractivity contribution in [2.24, 2.45) is 5.92 Å². The first-order valence-electron chi connectivity index (χ1n) is 10.7. The predicted molar refractivity (Wildman–Crippen MR) is 127 cm³/mol. The smallest absolute Gasteiger partial charge is 0.457 e. The molecule has 0 amide bonds. The fourth-order valence-electron chi connectivity index (χ4n) is 2.80. The second-order valence-corrected chi connectivity index (χ2v) is 9.65. The highest BCUT2D eigenvalue weighted by atomic mass is 32.2. The first kappa shape index (κ1) is 27.6. The molecule has 0 aliphatic carbocycles. The summed E-state index contributed by atoms with van der Waals surface area (Å²) in [5.41, 5.74) is 0. The Hall–Kier alpha value is -2.63. The standard InChI is InChI=1S/C23H28FNO7S2/c1-3-4-14-30-23(27)32-22(26)21(16(2)13-15-33)25-34(28,29)20-11-9-19(10-12-20)31-18-7-5-17(24)6-8-18/h5-12,16,21,25,33H,3-4,13-15H2,1-2H3. The number of unbranched alkanes of at least 4 members (excludes halogenated alkanes) is 1. The Balaban J connectivity index is 2.11. The molecular formula is C23H28FNO7S2. The summed E-state index contributed by atoms with van der Waals surface area (Å²) < 4.78 is 56.3. The van der Waals surface area contributed by atoms with E-state index in [2.05, 4.69) is 17.4 Å². The van der Waals surface area contributed by atoms with Gasteiger partial charge in [0.15, 0.2) is 0 Å². The van der Waals surface area contributed by atoms with Gasteiger partial charge in [0, 0.05) is 0 Å². The molecule has 0 bridgehead atoms. The monoisotopic (exact) mass is 513 g/mol. The van der Waals surface area contributed by atoms with Crippen LogP contribution in [0.25, 0.3) is 0 Å². The highest BCUT2D eigenvalue weighted by Gasteiger charge is 2.33. The summed E-state index contributed by atoms with van der Waals surface area (Å²) in [5.74, 6) is -0.873. The van der Waals surface area contributed by atoms with Gasteiger partial charge in [-0.25, -0.2) is 22.4 Å². The lowest BCUT2D eigenvalue weighted by molar-refractivity contribution is -0.143. The van der Waals surface area contributed by atoms with Crippen molar-refractivity contribution < 1.29 is 36.6 Å². The van der Waals surface area contributed by atoms with Crippen molar-refractivity contribution in [3.63, 3.8) is 0 Å². The predicted octanol–water partition coefficient (Wildman–Crippen LogP) is 4.70. The highest BCUT2D eigenvalue weighted by Crippen LogP contribution is 2.24. The first-order chi connectivity index (χ1) is 16.2. The number of halogens is 1. The molecular weight excluding hydrogens is 485 g/mol. The zero-order valence-corrected chi connectivity index (χ0v) is 20.6. The topological polar surface area (TPSA) is 108 Å². The number of ether oxygens (including phenoxy) is 3. The van der Waals surface area contributed by atoms with Gasteiger partial charge in [0.1, 0.15) is 23.4 Å². The van der Waals surface area contributed by atoms with Crippen molar-refractivity contribution >= 4 is 34.8 Å². The van der Waals surface area contributed by atoms with Crippen LogP contribution in [-0.2, 0) is 24.3 Å². The van der Waals surface area contributed by atoms with Gasteiger partial charge in [-0.05, 0) is 73.0 Å². The minimum absolute atomic E-state index is 0.0948. The van der Waals surface area contributed by atoms with Gasteiger partial charge in [-0.1, -0.05) is 20.3 Å². The Labute approximate surface area is 204 Å². The minimum atomic E-state index is -4.15. The van der Waals surface area contributed by atoms with Crippen LogP contribution in [0, 0.1) is 11.7 Å². The lowest BCUT2D eigenvalue weighted by Crippen LogP contribution is -2.46. The molecule has 186 valence electrons. The van der Waals surface area contributed by atoms with Crippen LogP contribution in [0.2, 0.25) is 0 Å². The van der Waals surface area contributed by atoms with Crippen LogP contribution in [0.3, 0.4) is 0 Å². The van der Waals surface area contributed by atoms with Crippen molar-refractivity contribution in [2.75, 3.05) is 12.4 Å². The molecule has 0 fully saturated rings. The van der Waals surface area contributed by atoms with Crippen molar-refractivity contribution in [2.45, 2.75) is 44.0 Å². The van der Waals surface area contributed by atoms with E-state index in [-0.39, 0.29) is 11.5 Å². The molecule has 2 atom stereocenters. The number of carbonyl (C=O) groups excluding carboxylic acids is 2. The number of sulfonamides is 1. The summed E-state index contributed by atoms with van der Waals surface area (Å²) in [7, 11) is -4.15. The molecule has 34 heavy (non-hydrogen) atoms. The zero-order chi connectivity index (χ0) is 25.1. The Bertz CT molecular complexity index is 1040. The van der Waals surface area contributed by atoms with Gasteiger partial charge in [-0.15, -0.1) is 0 Å². The average Bonchev–Trinajstić information content (AvgIpc) is 2.79. The fourth-order valence-corrected chi connectivity index (χ4v) is 4.50. The van der Waals surface area contributed by atoms with Gasteiger partial charge in [0.05, 0.1) is 11.5 Å². The zero-order valence-electron chi connectivity index (χ0n) is 18.9. The van der Waals surface area contributed by atoms with Crippen LogP contribution < -0.4 is 9.46 Å². The number of carbonyl (C=O) groups is 2. The molecule has 2 unspecified atom stereocenters. The molecule has 0 aliphatic heterocycles. The Morgan fingerprint density at radius 2 is 1.65 bits per heavy atom. The summed E-state index contributed by atoms with van der Waals surface area (Å²) in [4.78, 5) is 24.2. The SMILES string of the molecule is CCCCOC(=O)OC(=O)C(NS(=O)(=O)c1ccc(Oc2ccc(F)cc2)cc1)C(C)CCS. The third-order valence-corrected chi connectivity index (χ3v) is 6.49. The van der Waals surface area contributed by atoms with E-state index in [1.54, 1.807) is 6.92 Å². The second kappa shape index (κ2) is 13.3. The van der Waals surface area contributed by atoms with Crippen molar-refractivity contribution in [1.82, 2.24) is 4.72 Å². The summed E-state index contributed by atoms with van der Waals surface area (Å²) in [5, 5.41) is 0. The molecule has 2 aromatic carbocycles. The van der Waals surface area contributed by atoms with E-state index >= 15 is 0 Å². The first-order valence-corrected chi connectivity index (χ1v) is 12.8. The molecule has 0 spiro atoms. The van der Waals surface area contributed by atoms with E-state index in [1.807, 2.05) is 6.92 Å². The third-order valence-electron chi connectivity index (χ3n) is 4.77. The molecule has 1 N–H and O–H groups in total. The maximum absolute atomic E-state index is 13.0. The van der Waals surface area contributed by atoms with Gasteiger partial charge in [-0.3, -0.25) is 0 Å². The van der Waals surface area contributed by atoms with E-state index in [9.17, 15) is 22.4 Å². The number of hydrogen-bond donors (Lipinski definition) is 2. The second-order valence-electron chi connectivity index (χ2n) is 7.49. The maximum Gasteiger partial charge on any atom is 0.516 e. The van der Waals surface area contributed by atoms with Crippen LogP contribution in [0.4, 0.5) is 9.18 Å². The van der Waals surface area contributed by atoms with E-state index < -0.39 is 39.9 Å². The maximum atomic E-state index is 13.0. The van der Waals surface area contributed by atoms with E-state index in [0.717, 1.165) is 6.42 Å². The van der Waals surface area contributed by atoms with E-state index in [4.69, 9.17) is 14.2 Å². The molecule has 0 saturated heterocycles. The Morgan fingerprint density at radius 3 is 2.21 bits per heavy atom. The van der Waals surface area contributed by atoms with Crippen LogP contribution in [0.1, 0.15) is 33.1 Å². The number of benzene rings is 2. The Kier molecular flexibility index (Phi) is 10.8. The molecule has 11 heteroatoms. The third kappa shape index (κ3) is 8.62. The number of nitrogens with one attached hydrogen (secondary N) is 1. The fraction of sp³-hybridized carbons (Fsp3) is 0.391. The molecule has 2 aromatic rings. The average molecular weight is 514 g/mol. The van der Waals surface area contributed by atoms with Gasteiger partial charge in [-0.2, -0.15) is 17.4 Å².